The minimum atomic E-state index is -0.408. The van der Waals surface area contributed by atoms with Crippen LogP contribution in [0.3, 0.4) is 0 Å². The molecular formula is C9H18NO2. The number of aliphatic hydroxyl groups excluding tert-OH is 1. The van der Waals surface area contributed by atoms with E-state index in [4.69, 9.17) is 0 Å². The number of nitrogens with zero attached hydrogens (tertiary/aromatic N) is 1. The van der Waals surface area contributed by atoms with Crippen LogP contribution in [-0.2, 0) is 5.21 Å². The van der Waals surface area contributed by atoms with E-state index in [2.05, 4.69) is 0 Å². The van der Waals surface area contributed by atoms with Gasteiger partial charge in [-0.1, -0.05) is 13.8 Å². The lowest BCUT2D eigenvalue weighted by molar-refractivity contribution is -0.268. The van der Waals surface area contributed by atoms with Crippen LogP contribution < -0.4 is 0 Å². The Labute approximate surface area is 74.0 Å². The zero-order valence-electron chi connectivity index (χ0n) is 8.29. The Bertz CT molecular complexity index is 157. The number of hydrogen-bond acceptors (Lipinski definition) is 2. The van der Waals surface area contributed by atoms with Crippen molar-refractivity contribution in [3.8, 4) is 0 Å². The van der Waals surface area contributed by atoms with E-state index in [1.165, 1.54) is 0 Å². The molecule has 0 aromatic carbocycles. The molecule has 1 unspecified atom stereocenters. The third kappa shape index (κ3) is 1.63. The molecule has 0 amide bonds. The normalized spacial score (nSPS) is 35.0. The first-order chi connectivity index (χ1) is 5.26. The van der Waals surface area contributed by atoms with Crippen molar-refractivity contribution >= 4 is 0 Å². The highest BCUT2D eigenvalue weighted by Crippen LogP contribution is 2.36. The largest absolute Gasteiger partial charge is 0.392 e. The number of aliphatic hydroxyl groups is 1. The van der Waals surface area contributed by atoms with Gasteiger partial charge in [0.25, 0.3) is 0 Å². The SMILES string of the molecule is CC1(C)CN([O])C(C)(C)CC1O. The Morgan fingerprint density at radius 2 is 1.83 bits per heavy atom. The Kier molecular flexibility index (Phi) is 2.23. The van der Waals surface area contributed by atoms with Gasteiger partial charge in [-0.15, -0.1) is 10.3 Å². The number of hydrogen-bond donors (Lipinski definition) is 1. The molecule has 3 nitrogen and oxygen atoms in total. The second kappa shape index (κ2) is 2.69. The van der Waals surface area contributed by atoms with Crippen LogP contribution in [0.15, 0.2) is 0 Å². The highest BCUT2D eigenvalue weighted by atomic mass is 16.5. The molecule has 1 aliphatic rings. The fourth-order valence-electron chi connectivity index (χ4n) is 1.54. The fourth-order valence-corrected chi connectivity index (χ4v) is 1.54. The van der Waals surface area contributed by atoms with Crippen molar-refractivity contribution in [3.63, 3.8) is 0 Å². The van der Waals surface area contributed by atoms with Crippen LogP contribution in [0.2, 0.25) is 0 Å². The third-order valence-corrected chi connectivity index (χ3v) is 2.82. The van der Waals surface area contributed by atoms with Crippen molar-refractivity contribution in [3.05, 3.63) is 0 Å². The Balaban J connectivity index is 2.76. The predicted octanol–water partition coefficient (Wildman–Crippen LogP) is 1.20. The van der Waals surface area contributed by atoms with E-state index in [9.17, 15) is 10.3 Å². The Hall–Kier alpha value is -0.120. The minimum Gasteiger partial charge on any atom is -0.392 e. The number of piperidine rings is 1. The molecule has 12 heavy (non-hydrogen) atoms. The van der Waals surface area contributed by atoms with Crippen LogP contribution in [0.1, 0.15) is 34.1 Å². The van der Waals surface area contributed by atoms with E-state index in [1.807, 2.05) is 27.7 Å². The van der Waals surface area contributed by atoms with Gasteiger partial charge in [-0.25, -0.2) is 0 Å². The standard InChI is InChI=1S/C9H18NO2/c1-8(2)6-10(12)9(3,4)5-7(8)11/h7,11H,5-6H2,1-4H3. The summed E-state index contributed by atoms with van der Waals surface area (Å²) in [6, 6.07) is 0. The molecule has 71 valence electrons. The van der Waals surface area contributed by atoms with Crippen LogP contribution in [0.4, 0.5) is 0 Å². The maximum absolute atomic E-state index is 11.5. The van der Waals surface area contributed by atoms with E-state index in [1.54, 1.807) is 0 Å². The molecule has 1 aliphatic heterocycles. The Morgan fingerprint density at radius 3 is 2.25 bits per heavy atom. The van der Waals surface area contributed by atoms with E-state index in [0.29, 0.717) is 13.0 Å². The molecule has 1 fully saturated rings. The lowest BCUT2D eigenvalue weighted by Gasteiger charge is -2.46. The van der Waals surface area contributed by atoms with Crippen LogP contribution in [0.5, 0.6) is 0 Å². The Morgan fingerprint density at radius 1 is 1.33 bits per heavy atom. The molecule has 1 rings (SSSR count). The maximum Gasteiger partial charge on any atom is 0.0622 e. The van der Waals surface area contributed by atoms with Gasteiger partial charge in [0.15, 0.2) is 0 Å². The topological polar surface area (TPSA) is 43.4 Å². The quantitative estimate of drug-likeness (QED) is 0.596. The lowest BCUT2D eigenvalue weighted by atomic mass is 9.75. The second-order valence-corrected chi connectivity index (χ2v) is 5.06. The van der Waals surface area contributed by atoms with Crippen molar-refractivity contribution in [1.82, 2.24) is 5.06 Å². The molecule has 1 atom stereocenters. The first kappa shape index (κ1) is 9.96. The summed E-state index contributed by atoms with van der Waals surface area (Å²) in [6.45, 7) is 8.02. The zero-order valence-corrected chi connectivity index (χ0v) is 8.29. The van der Waals surface area contributed by atoms with E-state index in [0.717, 1.165) is 5.06 Å². The summed E-state index contributed by atoms with van der Waals surface area (Å²) in [5.41, 5.74) is -0.674. The maximum atomic E-state index is 11.5. The molecule has 0 aromatic heterocycles. The van der Waals surface area contributed by atoms with Gasteiger partial charge in [-0.05, 0) is 20.3 Å². The summed E-state index contributed by atoms with van der Waals surface area (Å²) < 4.78 is 0. The molecule has 1 heterocycles. The molecule has 1 N–H and O–H groups in total. The highest BCUT2D eigenvalue weighted by molar-refractivity contribution is 4.94. The molecule has 0 aliphatic carbocycles. The van der Waals surface area contributed by atoms with E-state index < -0.39 is 5.54 Å². The molecule has 0 bridgehead atoms. The van der Waals surface area contributed by atoms with Crippen molar-refractivity contribution in [2.45, 2.75) is 45.8 Å². The van der Waals surface area contributed by atoms with Crippen LogP contribution >= 0.6 is 0 Å². The molecule has 0 spiro atoms. The number of rotatable bonds is 0. The van der Waals surface area contributed by atoms with Gasteiger partial charge in [-0.3, -0.25) is 0 Å². The van der Waals surface area contributed by atoms with Gasteiger partial charge in [-0.2, -0.15) is 0 Å². The van der Waals surface area contributed by atoms with E-state index in [-0.39, 0.29) is 11.5 Å². The first-order valence-electron chi connectivity index (χ1n) is 4.38. The molecule has 0 saturated carbocycles. The molecule has 0 aromatic rings. The fraction of sp³-hybridized carbons (Fsp3) is 1.00. The minimum absolute atomic E-state index is 0.267. The zero-order chi connectivity index (χ0) is 9.57. The van der Waals surface area contributed by atoms with E-state index >= 15 is 0 Å². The van der Waals surface area contributed by atoms with Gasteiger partial charge < -0.3 is 5.11 Å². The summed E-state index contributed by atoms with van der Waals surface area (Å²) in [7, 11) is 0. The van der Waals surface area contributed by atoms with Gasteiger partial charge >= 0.3 is 0 Å². The van der Waals surface area contributed by atoms with Crippen molar-refractivity contribution in [2.75, 3.05) is 6.54 Å². The number of hydroxylamine groups is 2. The summed E-state index contributed by atoms with van der Waals surface area (Å²) in [5.74, 6) is 0. The molecule has 1 saturated heterocycles. The molecular weight excluding hydrogens is 154 g/mol. The van der Waals surface area contributed by atoms with Gasteiger partial charge in [0.05, 0.1) is 6.10 Å². The second-order valence-electron chi connectivity index (χ2n) is 5.06. The van der Waals surface area contributed by atoms with Crippen LogP contribution in [0.25, 0.3) is 0 Å². The summed E-state index contributed by atoms with van der Waals surface area (Å²) in [6.07, 6.45) is 0.196. The lowest BCUT2D eigenvalue weighted by Crippen LogP contribution is -2.56. The first-order valence-corrected chi connectivity index (χ1v) is 4.38. The smallest absolute Gasteiger partial charge is 0.0622 e. The highest BCUT2D eigenvalue weighted by Gasteiger charge is 2.44. The van der Waals surface area contributed by atoms with Gasteiger partial charge in [0, 0.05) is 17.5 Å². The van der Waals surface area contributed by atoms with Gasteiger partial charge in [0.1, 0.15) is 0 Å². The van der Waals surface area contributed by atoms with Crippen LogP contribution in [-0.4, -0.2) is 28.4 Å². The summed E-state index contributed by atoms with van der Waals surface area (Å²) in [4.78, 5) is 0. The van der Waals surface area contributed by atoms with Gasteiger partial charge in [0.2, 0.25) is 0 Å². The summed E-state index contributed by atoms with van der Waals surface area (Å²) >= 11 is 0. The molecule has 3 heteroatoms. The predicted molar refractivity (Wildman–Crippen MR) is 45.9 cm³/mol. The summed E-state index contributed by atoms with van der Waals surface area (Å²) in [5, 5.41) is 22.3. The third-order valence-electron chi connectivity index (χ3n) is 2.82. The average molecular weight is 172 g/mol. The van der Waals surface area contributed by atoms with Crippen molar-refractivity contribution < 1.29 is 10.3 Å². The van der Waals surface area contributed by atoms with Crippen LogP contribution in [0, 0.1) is 5.41 Å². The monoisotopic (exact) mass is 172 g/mol. The van der Waals surface area contributed by atoms with Crippen molar-refractivity contribution in [2.24, 2.45) is 5.41 Å². The molecule has 1 radical (unpaired) electrons. The van der Waals surface area contributed by atoms with Crippen molar-refractivity contribution in [1.29, 1.82) is 0 Å². The average Bonchev–Trinajstić information content (AvgIpc) is 1.82.